The lowest BCUT2D eigenvalue weighted by Crippen LogP contribution is -2.28. The minimum atomic E-state index is -0.0260. The van der Waals surface area contributed by atoms with Gasteiger partial charge in [0.1, 0.15) is 0 Å². The third-order valence-electron chi connectivity index (χ3n) is 4.17. The predicted octanol–water partition coefficient (Wildman–Crippen LogP) is 4.80. The second-order valence-electron chi connectivity index (χ2n) is 6.13. The first-order valence-corrected chi connectivity index (χ1v) is 9.43. The number of halogens is 1. The molecule has 0 saturated carbocycles. The number of hydrogen-bond donors (Lipinski definition) is 2. The molecular weight excluding hydrogens is 354 g/mol. The number of nitrogens with zero attached hydrogens (tertiary/aromatic N) is 1. The third kappa shape index (κ3) is 4.35. The van der Waals surface area contributed by atoms with Gasteiger partial charge in [-0.15, -0.1) is 0 Å². The fourth-order valence-corrected chi connectivity index (χ4v) is 3.43. The van der Waals surface area contributed by atoms with Crippen LogP contribution in [0.1, 0.15) is 29.7 Å². The lowest BCUT2D eigenvalue weighted by molar-refractivity contribution is -0.119. The Morgan fingerprint density at radius 1 is 1.24 bits per heavy atom. The van der Waals surface area contributed by atoms with Gasteiger partial charge < -0.3 is 10.3 Å². The Hall–Kier alpha value is -1.98. The zero-order valence-corrected chi connectivity index (χ0v) is 16.0. The van der Waals surface area contributed by atoms with E-state index in [4.69, 9.17) is 11.6 Å². The minimum Gasteiger partial charge on any atom is -0.349 e. The van der Waals surface area contributed by atoms with Crippen LogP contribution < -0.4 is 5.32 Å². The van der Waals surface area contributed by atoms with Crippen molar-refractivity contribution in [3.63, 3.8) is 0 Å². The minimum absolute atomic E-state index is 0.0192. The number of fused-ring (bicyclic) bond motifs is 1. The first-order chi connectivity index (χ1) is 11.9. The molecule has 0 bridgehead atoms. The topological polar surface area (TPSA) is 57.8 Å². The molecule has 0 aliphatic carbocycles. The van der Waals surface area contributed by atoms with Gasteiger partial charge in [-0.3, -0.25) is 4.79 Å². The number of aryl methyl sites for hydroxylation is 2. The van der Waals surface area contributed by atoms with Crippen molar-refractivity contribution in [2.75, 3.05) is 5.75 Å². The van der Waals surface area contributed by atoms with Crippen molar-refractivity contribution in [3.8, 4) is 0 Å². The van der Waals surface area contributed by atoms with Crippen LogP contribution in [0, 0.1) is 13.8 Å². The summed E-state index contributed by atoms with van der Waals surface area (Å²) in [5.41, 5.74) is 5.31. The highest BCUT2D eigenvalue weighted by molar-refractivity contribution is 7.99. The molecule has 0 spiro atoms. The van der Waals surface area contributed by atoms with Crippen LogP contribution in [0.4, 0.5) is 0 Å². The Morgan fingerprint density at radius 2 is 2.04 bits per heavy atom. The second-order valence-corrected chi connectivity index (χ2v) is 7.53. The van der Waals surface area contributed by atoms with Crippen LogP contribution in [0.15, 0.2) is 41.6 Å². The van der Waals surface area contributed by atoms with E-state index in [1.807, 2.05) is 19.1 Å². The van der Waals surface area contributed by atoms with Crippen molar-refractivity contribution in [1.82, 2.24) is 15.3 Å². The number of nitrogens with one attached hydrogen (secondary N) is 2. The monoisotopic (exact) mass is 373 g/mol. The Bertz CT molecular complexity index is 922. The fraction of sp³-hybridized carbons (Fsp3) is 0.263. The maximum Gasteiger partial charge on any atom is 0.230 e. The van der Waals surface area contributed by atoms with E-state index in [2.05, 4.69) is 47.3 Å². The molecule has 0 radical (unpaired) electrons. The predicted molar refractivity (Wildman–Crippen MR) is 104 cm³/mol. The standard InChI is InChI=1S/C19H20ClN3OS/c1-11-4-5-14(8-12(11)2)13(3)21-18(24)10-25-19-22-16-7-6-15(20)9-17(16)23-19/h4-9,13H,10H2,1-3H3,(H,21,24)(H,22,23)/t13-/m1/s1. The molecule has 0 saturated heterocycles. The van der Waals surface area contributed by atoms with Gasteiger partial charge in [0, 0.05) is 5.02 Å². The lowest BCUT2D eigenvalue weighted by atomic mass is 10.0. The highest BCUT2D eigenvalue weighted by Gasteiger charge is 2.12. The number of carbonyl (C=O) groups excluding carboxylic acids is 1. The maximum absolute atomic E-state index is 12.2. The highest BCUT2D eigenvalue weighted by Crippen LogP contribution is 2.22. The molecular formula is C19H20ClN3OS. The molecule has 1 heterocycles. The van der Waals surface area contributed by atoms with Crippen molar-refractivity contribution in [1.29, 1.82) is 0 Å². The number of carbonyl (C=O) groups is 1. The van der Waals surface area contributed by atoms with E-state index in [1.165, 1.54) is 22.9 Å². The molecule has 1 amide bonds. The summed E-state index contributed by atoms with van der Waals surface area (Å²) in [7, 11) is 0. The van der Waals surface area contributed by atoms with Gasteiger partial charge in [0.05, 0.1) is 22.8 Å². The summed E-state index contributed by atoms with van der Waals surface area (Å²) in [4.78, 5) is 19.9. The fourth-order valence-electron chi connectivity index (χ4n) is 2.56. The van der Waals surface area contributed by atoms with Crippen LogP contribution >= 0.6 is 23.4 Å². The summed E-state index contributed by atoms with van der Waals surface area (Å²) < 4.78 is 0. The van der Waals surface area contributed by atoms with Crippen molar-refractivity contribution in [3.05, 3.63) is 58.1 Å². The summed E-state index contributed by atoms with van der Waals surface area (Å²) in [6.45, 7) is 6.16. The molecule has 0 aliphatic heterocycles. The molecule has 3 rings (SSSR count). The summed E-state index contributed by atoms with van der Waals surface area (Å²) in [6.07, 6.45) is 0. The van der Waals surface area contributed by atoms with E-state index in [0.29, 0.717) is 15.9 Å². The molecule has 1 aromatic heterocycles. The SMILES string of the molecule is Cc1ccc([C@@H](C)NC(=O)CSc2nc3ccc(Cl)cc3[nH]2)cc1C. The second kappa shape index (κ2) is 7.50. The normalized spacial score (nSPS) is 12.3. The van der Waals surface area contributed by atoms with Gasteiger partial charge in [-0.1, -0.05) is 41.6 Å². The van der Waals surface area contributed by atoms with E-state index < -0.39 is 0 Å². The molecule has 6 heteroatoms. The number of imidazole rings is 1. The molecule has 0 fully saturated rings. The van der Waals surface area contributed by atoms with Gasteiger partial charge in [0.25, 0.3) is 0 Å². The molecule has 0 unspecified atom stereocenters. The number of hydrogen-bond acceptors (Lipinski definition) is 3. The van der Waals surface area contributed by atoms with Crippen molar-refractivity contribution in [2.45, 2.75) is 32.0 Å². The van der Waals surface area contributed by atoms with Crippen molar-refractivity contribution >= 4 is 40.3 Å². The Labute approximate surface area is 156 Å². The number of aromatic nitrogens is 2. The van der Waals surface area contributed by atoms with Crippen molar-refractivity contribution < 1.29 is 4.79 Å². The number of amides is 1. The molecule has 1 atom stereocenters. The molecule has 4 nitrogen and oxygen atoms in total. The summed E-state index contributed by atoms with van der Waals surface area (Å²) in [5.74, 6) is 0.289. The van der Waals surface area contributed by atoms with Gasteiger partial charge >= 0.3 is 0 Å². The number of benzene rings is 2. The van der Waals surface area contributed by atoms with Crippen LogP contribution in [0.5, 0.6) is 0 Å². The first-order valence-electron chi connectivity index (χ1n) is 8.07. The first kappa shape index (κ1) is 17.8. The van der Waals surface area contributed by atoms with Crippen LogP contribution in [-0.4, -0.2) is 21.6 Å². The van der Waals surface area contributed by atoms with Crippen molar-refractivity contribution in [2.24, 2.45) is 0 Å². The summed E-state index contributed by atoms with van der Waals surface area (Å²) >= 11 is 7.35. The average Bonchev–Trinajstić information content (AvgIpc) is 2.97. The van der Waals surface area contributed by atoms with Crippen LogP contribution in [0.2, 0.25) is 5.02 Å². The number of thioether (sulfide) groups is 1. The number of H-pyrrole nitrogens is 1. The smallest absolute Gasteiger partial charge is 0.230 e. The quantitative estimate of drug-likeness (QED) is 0.631. The number of aromatic amines is 1. The zero-order chi connectivity index (χ0) is 18.0. The molecule has 130 valence electrons. The zero-order valence-electron chi connectivity index (χ0n) is 14.4. The molecule has 25 heavy (non-hydrogen) atoms. The third-order valence-corrected chi connectivity index (χ3v) is 5.28. The van der Waals surface area contributed by atoms with E-state index in [9.17, 15) is 4.79 Å². The van der Waals surface area contributed by atoms with Crippen LogP contribution in [0.25, 0.3) is 11.0 Å². The molecule has 3 aromatic rings. The van der Waals surface area contributed by atoms with Gasteiger partial charge in [0.2, 0.25) is 5.91 Å². The van der Waals surface area contributed by atoms with Gasteiger partial charge in [-0.2, -0.15) is 0 Å². The van der Waals surface area contributed by atoms with E-state index in [-0.39, 0.29) is 11.9 Å². The van der Waals surface area contributed by atoms with Crippen LogP contribution in [-0.2, 0) is 4.79 Å². The lowest BCUT2D eigenvalue weighted by Gasteiger charge is -2.15. The maximum atomic E-state index is 12.2. The molecule has 2 N–H and O–H groups in total. The largest absolute Gasteiger partial charge is 0.349 e. The highest BCUT2D eigenvalue weighted by atomic mass is 35.5. The number of rotatable bonds is 5. The van der Waals surface area contributed by atoms with Gasteiger partial charge in [-0.05, 0) is 55.7 Å². The Balaban J connectivity index is 1.58. The van der Waals surface area contributed by atoms with Gasteiger partial charge in [-0.25, -0.2) is 4.98 Å². The van der Waals surface area contributed by atoms with E-state index in [0.717, 1.165) is 16.6 Å². The van der Waals surface area contributed by atoms with Crippen LogP contribution in [0.3, 0.4) is 0 Å². The average molecular weight is 374 g/mol. The van der Waals surface area contributed by atoms with Gasteiger partial charge in [0.15, 0.2) is 5.16 Å². The Morgan fingerprint density at radius 3 is 2.80 bits per heavy atom. The Kier molecular flexibility index (Phi) is 5.35. The molecule has 0 aliphatic rings. The van der Waals surface area contributed by atoms with E-state index >= 15 is 0 Å². The molecule has 2 aromatic carbocycles. The summed E-state index contributed by atoms with van der Waals surface area (Å²) in [6, 6.07) is 11.7. The van der Waals surface area contributed by atoms with E-state index in [1.54, 1.807) is 6.07 Å². The summed E-state index contributed by atoms with van der Waals surface area (Å²) in [5, 5.41) is 4.41.